The number of nitrogens with one attached hydrogen (secondary N) is 1. The monoisotopic (exact) mass is 388 g/mol. The van der Waals surface area contributed by atoms with Crippen LogP contribution >= 0.6 is 0 Å². The van der Waals surface area contributed by atoms with Gasteiger partial charge in [0.05, 0.1) is 0 Å². The highest BCUT2D eigenvalue weighted by molar-refractivity contribution is 5.89. The highest BCUT2D eigenvalue weighted by atomic mass is 16.2. The molecule has 0 atom stereocenters. The molecule has 1 heterocycles. The summed E-state index contributed by atoms with van der Waals surface area (Å²) in [7, 11) is 4.03. The molecule has 5 heteroatoms. The van der Waals surface area contributed by atoms with Crippen LogP contribution in [0.25, 0.3) is 0 Å². The largest absolute Gasteiger partial charge is 0.378 e. The summed E-state index contributed by atoms with van der Waals surface area (Å²) in [6.45, 7) is 3.14. The smallest absolute Gasteiger partial charge is 0.322 e. The third-order valence-corrected chi connectivity index (χ3v) is 4.75. The number of aromatic nitrogens is 1. The number of hydrogen-bond acceptors (Lipinski definition) is 3. The number of rotatable bonds is 7. The van der Waals surface area contributed by atoms with Crippen LogP contribution in [-0.4, -0.2) is 36.6 Å². The van der Waals surface area contributed by atoms with Crippen molar-refractivity contribution in [3.05, 3.63) is 89.7 Å². The second-order valence-electron chi connectivity index (χ2n) is 7.35. The van der Waals surface area contributed by atoms with Crippen molar-refractivity contribution in [2.24, 2.45) is 0 Å². The average Bonchev–Trinajstić information content (AvgIpc) is 2.72. The second-order valence-corrected chi connectivity index (χ2v) is 7.35. The molecular weight excluding hydrogens is 360 g/mol. The number of benzene rings is 2. The molecule has 0 unspecified atom stereocenters. The predicted octanol–water partition coefficient (Wildman–Crippen LogP) is 4.73. The Bertz CT molecular complexity index is 923. The highest BCUT2D eigenvalue weighted by Gasteiger charge is 2.15. The summed E-state index contributed by atoms with van der Waals surface area (Å²) in [5.41, 5.74) is 5.13. The van der Waals surface area contributed by atoms with Crippen molar-refractivity contribution in [3.8, 4) is 0 Å². The summed E-state index contributed by atoms with van der Waals surface area (Å²) >= 11 is 0. The lowest BCUT2D eigenvalue weighted by atomic mass is 10.1. The van der Waals surface area contributed by atoms with Crippen molar-refractivity contribution >= 4 is 17.4 Å². The van der Waals surface area contributed by atoms with E-state index in [1.165, 1.54) is 0 Å². The number of amides is 2. The van der Waals surface area contributed by atoms with Crippen LogP contribution in [0.1, 0.15) is 16.8 Å². The molecule has 0 spiro atoms. The molecule has 0 fully saturated rings. The van der Waals surface area contributed by atoms with E-state index < -0.39 is 0 Å². The first-order chi connectivity index (χ1) is 14.0. The number of aryl methyl sites for hydroxylation is 1. The fourth-order valence-corrected chi connectivity index (χ4v) is 3.09. The Balaban J connectivity index is 1.73. The molecule has 2 amide bonds. The average molecular weight is 389 g/mol. The molecule has 3 rings (SSSR count). The van der Waals surface area contributed by atoms with Gasteiger partial charge in [0.25, 0.3) is 0 Å². The minimum atomic E-state index is -0.108. The van der Waals surface area contributed by atoms with Crippen LogP contribution in [0.15, 0.2) is 72.9 Å². The number of urea groups is 1. The van der Waals surface area contributed by atoms with Gasteiger partial charge >= 0.3 is 6.03 Å². The number of pyridine rings is 1. The van der Waals surface area contributed by atoms with Gasteiger partial charge in [0.2, 0.25) is 0 Å². The molecule has 0 bridgehead atoms. The van der Waals surface area contributed by atoms with Crippen LogP contribution < -0.4 is 10.2 Å². The zero-order valence-corrected chi connectivity index (χ0v) is 17.3. The van der Waals surface area contributed by atoms with Crippen molar-refractivity contribution in [2.45, 2.75) is 19.9 Å². The lowest BCUT2D eigenvalue weighted by molar-refractivity contribution is 0.209. The molecule has 150 valence electrons. The fourth-order valence-electron chi connectivity index (χ4n) is 3.09. The molecule has 0 aliphatic heterocycles. The van der Waals surface area contributed by atoms with Crippen molar-refractivity contribution in [2.75, 3.05) is 30.9 Å². The minimum absolute atomic E-state index is 0.108. The van der Waals surface area contributed by atoms with Crippen LogP contribution in [0.3, 0.4) is 0 Å². The molecule has 2 aromatic carbocycles. The van der Waals surface area contributed by atoms with Crippen LogP contribution in [0.2, 0.25) is 0 Å². The maximum atomic E-state index is 13.0. The summed E-state index contributed by atoms with van der Waals surface area (Å²) in [5.74, 6) is 0. The topological polar surface area (TPSA) is 48.5 Å². The van der Waals surface area contributed by atoms with E-state index in [-0.39, 0.29) is 6.03 Å². The van der Waals surface area contributed by atoms with Crippen molar-refractivity contribution < 1.29 is 4.79 Å². The van der Waals surface area contributed by atoms with Crippen LogP contribution in [0.5, 0.6) is 0 Å². The maximum absolute atomic E-state index is 13.0. The van der Waals surface area contributed by atoms with Gasteiger partial charge in [-0.15, -0.1) is 0 Å². The quantitative estimate of drug-likeness (QED) is 0.636. The van der Waals surface area contributed by atoms with Gasteiger partial charge in [-0.2, -0.15) is 0 Å². The van der Waals surface area contributed by atoms with E-state index in [2.05, 4.69) is 39.5 Å². The van der Waals surface area contributed by atoms with E-state index in [1.54, 1.807) is 6.20 Å². The highest BCUT2D eigenvalue weighted by Crippen LogP contribution is 2.16. The number of carbonyl (C=O) groups is 1. The summed E-state index contributed by atoms with van der Waals surface area (Å²) in [6, 6.07) is 21.9. The lowest BCUT2D eigenvalue weighted by Crippen LogP contribution is -2.36. The molecule has 5 nitrogen and oxygen atoms in total. The van der Waals surface area contributed by atoms with Gasteiger partial charge in [-0.05, 0) is 54.4 Å². The Morgan fingerprint density at radius 3 is 2.45 bits per heavy atom. The second kappa shape index (κ2) is 9.73. The Morgan fingerprint density at radius 2 is 1.79 bits per heavy atom. The summed E-state index contributed by atoms with van der Waals surface area (Å²) < 4.78 is 0. The van der Waals surface area contributed by atoms with E-state index >= 15 is 0 Å². The molecule has 0 saturated carbocycles. The normalized spacial score (nSPS) is 10.4. The van der Waals surface area contributed by atoms with Gasteiger partial charge in [0.1, 0.15) is 0 Å². The lowest BCUT2D eigenvalue weighted by Gasteiger charge is -2.24. The molecule has 1 N–H and O–H groups in total. The zero-order chi connectivity index (χ0) is 20.6. The predicted molar refractivity (Wildman–Crippen MR) is 119 cm³/mol. The first-order valence-corrected chi connectivity index (χ1v) is 9.80. The van der Waals surface area contributed by atoms with Crippen LogP contribution in [-0.2, 0) is 13.0 Å². The number of nitrogens with zero attached hydrogens (tertiary/aromatic N) is 3. The molecule has 29 heavy (non-hydrogen) atoms. The Kier molecular flexibility index (Phi) is 6.85. The van der Waals surface area contributed by atoms with Gasteiger partial charge in [-0.25, -0.2) is 4.79 Å². The zero-order valence-electron chi connectivity index (χ0n) is 17.3. The number of anilines is 2. The van der Waals surface area contributed by atoms with E-state index in [0.29, 0.717) is 19.5 Å². The Morgan fingerprint density at radius 1 is 1.00 bits per heavy atom. The molecule has 0 aliphatic carbocycles. The van der Waals surface area contributed by atoms with Gasteiger partial charge < -0.3 is 15.1 Å². The third-order valence-electron chi connectivity index (χ3n) is 4.75. The van der Waals surface area contributed by atoms with Crippen LogP contribution in [0.4, 0.5) is 16.2 Å². The van der Waals surface area contributed by atoms with Gasteiger partial charge in [0.15, 0.2) is 0 Å². The summed E-state index contributed by atoms with van der Waals surface area (Å²) in [4.78, 5) is 21.3. The van der Waals surface area contributed by atoms with E-state index in [4.69, 9.17) is 0 Å². The molecule has 0 aliphatic rings. The molecule has 0 saturated heterocycles. The van der Waals surface area contributed by atoms with E-state index in [1.807, 2.05) is 68.4 Å². The number of hydrogen-bond donors (Lipinski definition) is 1. The summed E-state index contributed by atoms with van der Waals surface area (Å²) in [6.07, 6.45) is 2.49. The van der Waals surface area contributed by atoms with Gasteiger partial charge in [-0.1, -0.05) is 30.3 Å². The molecule has 1 aromatic heterocycles. The van der Waals surface area contributed by atoms with Crippen LogP contribution in [0, 0.1) is 6.92 Å². The fraction of sp³-hybridized carbons (Fsp3) is 0.250. The van der Waals surface area contributed by atoms with E-state index in [9.17, 15) is 4.79 Å². The van der Waals surface area contributed by atoms with Gasteiger partial charge in [0, 0.05) is 56.9 Å². The van der Waals surface area contributed by atoms with Crippen molar-refractivity contribution in [1.82, 2.24) is 9.88 Å². The minimum Gasteiger partial charge on any atom is -0.378 e. The number of carbonyl (C=O) groups excluding carboxylic acids is 1. The van der Waals surface area contributed by atoms with E-state index in [0.717, 1.165) is 28.2 Å². The SMILES string of the molecule is Cc1cccc(NC(=O)N(CCc2ccccn2)Cc2ccc(N(C)C)cc2)c1. The molecular formula is C24H28N4O. The first kappa shape index (κ1) is 20.4. The Hall–Kier alpha value is -3.34. The van der Waals surface area contributed by atoms with Crippen molar-refractivity contribution in [1.29, 1.82) is 0 Å². The standard InChI is InChI=1S/C24H28N4O/c1-19-7-6-9-22(17-19)26-24(29)28(16-14-21-8-4-5-15-25-21)18-20-10-12-23(13-11-20)27(2)3/h4-13,15,17H,14,16,18H2,1-3H3,(H,26,29). The Labute approximate surface area is 173 Å². The third kappa shape index (κ3) is 6.07. The molecule has 0 radical (unpaired) electrons. The summed E-state index contributed by atoms with van der Waals surface area (Å²) in [5, 5.41) is 3.03. The van der Waals surface area contributed by atoms with Crippen molar-refractivity contribution in [3.63, 3.8) is 0 Å². The van der Waals surface area contributed by atoms with Gasteiger partial charge in [-0.3, -0.25) is 4.98 Å². The maximum Gasteiger partial charge on any atom is 0.322 e. The molecule has 3 aromatic rings. The first-order valence-electron chi connectivity index (χ1n) is 9.80.